The molecule has 25 heavy (non-hydrogen) atoms. The quantitative estimate of drug-likeness (QED) is 0.0742. The normalized spacial score (nSPS) is 11.1. The molecule has 0 aliphatic heterocycles. The van der Waals surface area contributed by atoms with E-state index in [1.54, 1.807) is 0 Å². The fourth-order valence-electron chi connectivity index (χ4n) is 1.56. The molecule has 12 heteroatoms. The van der Waals surface area contributed by atoms with E-state index >= 15 is 0 Å². The topological polar surface area (TPSA) is 182 Å². The van der Waals surface area contributed by atoms with Crippen molar-refractivity contribution >= 4 is 11.9 Å². The van der Waals surface area contributed by atoms with Crippen LogP contribution in [0.5, 0.6) is 0 Å². The average Bonchev–Trinajstić information content (AvgIpc) is 2.59. The Morgan fingerprint density at radius 2 is 0.920 bits per heavy atom. The zero-order valence-electron chi connectivity index (χ0n) is 13.9. The number of carbonyl (C=O) groups is 2. The van der Waals surface area contributed by atoms with Crippen molar-refractivity contribution in [3.05, 3.63) is 0 Å². The Morgan fingerprint density at radius 1 is 0.640 bits per heavy atom. The zero-order chi connectivity index (χ0) is 18.9. The maximum atomic E-state index is 11.8. The SMILES string of the molecule is O=C(CC(=O)OC(NCCO)NCCO)OC(NCCO)NCCO. The van der Waals surface area contributed by atoms with Crippen molar-refractivity contribution in [2.45, 2.75) is 19.1 Å². The molecule has 0 unspecified atom stereocenters. The third-order valence-corrected chi connectivity index (χ3v) is 2.55. The first-order valence-corrected chi connectivity index (χ1v) is 7.83. The van der Waals surface area contributed by atoms with Gasteiger partial charge in [0.2, 0.25) is 12.7 Å². The molecule has 0 aromatic heterocycles. The number of ether oxygens (including phenoxy) is 2. The van der Waals surface area contributed by atoms with Gasteiger partial charge >= 0.3 is 11.9 Å². The first-order valence-electron chi connectivity index (χ1n) is 7.83. The molecule has 8 N–H and O–H groups in total. The Balaban J connectivity index is 4.34. The van der Waals surface area contributed by atoms with E-state index in [1.165, 1.54) is 0 Å². The van der Waals surface area contributed by atoms with Crippen LogP contribution in [0.15, 0.2) is 0 Å². The molecule has 0 aromatic rings. The second-order valence-electron chi connectivity index (χ2n) is 4.63. The van der Waals surface area contributed by atoms with Gasteiger partial charge in [0.1, 0.15) is 6.42 Å². The molecule has 0 aromatic carbocycles. The summed E-state index contributed by atoms with van der Waals surface area (Å²) in [7, 11) is 0. The van der Waals surface area contributed by atoms with Crippen LogP contribution < -0.4 is 21.3 Å². The Morgan fingerprint density at radius 3 is 1.16 bits per heavy atom. The lowest BCUT2D eigenvalue weighted by molar-refractivity contribution is -0.164. The lowest BCUT2D eigenvalue weighted by atomic mass is 10.4. The van der Waals surface area contributed by atoms with Crippen LogP contribution in [0.25, 0.3) is 0 Å². The largest absolute Gasteiger partial charge is 0.433 e. The van der Waals surface area contributed by atoms with E-state index < -0.39 is 31.1 Å². The van der Waals surface area contributed by atoms with Crippen LogP contribution in [-0.2, 0) is 19.1 Å². The molecular weight excluding hydrogens is 340 g/mol. The lowest BCUT2D eigenvalue weighted by Gasteiger charge is -2.21. The summed E-state index contributed by atoms with van der Waals surface area (Å²) in [6.45, 7) is -0.204. The van der Waals surface area contributed by atoms with Gasteiger partial charge in [-0.05, 0) is 0 Å². The Labute approximate surface area is 145 Å². The molecule has 0 saturated carbocycles. The summed E-state index contributed by atoms with van der Waals surface area (Å²) in [6, 6.07) is 0. The molecule has 0 spiro atoms. The monoisotopic (exact) mass is 368 g/mol. The van der Waals surface area contributed by atoms with Crippen LogP contribution in [0.2, 0.25) is 0 Å². The number of hydrogen-bond donors (Lipinski definition) is 8. The third-order valence-electron chi connectivity index (χ3n) is 2.55. The molecule has 0 rings (SSSR count). The van der Waals surface area contributed by atoms with Crippen LogP contribution in [-0.4, -0.2) is 97.7 Å². The second-order valence-corrected chi connectivity index (χ2v) is 4.63. The van der Waals surface area contributed by atoms with Gasteiger partial charge in [-0.25, -0.2) is 0 Å². The minimum absolute atomic E-state index is 0.138. The Bertz CT molecular complexity index is 313. The van der Waals surface area contributed by atoms with Gasteiger partial charge in [-0.3, -0.25) is 30.9 Å². The average molecular weight is 368 g/mol. The molecule has 0 atom stereocenters. The molecule has 0 radical (unpaired) electrons. The number of esters is 2. The van der Waals surface area contributed by atoms with Crippen molar-refractivity contribution in [2.24, 2.45) is 0 Å². The highest BCUT2D eigenvalue weighted by Crippen LogP contribution is 1.96. The van der Waals surface area contributed by atoms with E-state index in [4.69, 9.17) is 29.9 Å². The number of aliphatic hydroxyl groups excluding tert-OH is 4. The zero-order valence-corrected chi connectivity index (χ0v) is 13.9. The van der Waals surface area contributed by atoms with E-state index in [0.717, 1.165) is 0 Å². The lowest BCUT2D eigenvalue weighted by Crippen LogP contribution is -2.49. The highest BCUT2D eigenvalue weighted by molar-refractivity contribution is 5.91. The van der Waals surface area contributed by atoms with Crippen molar-refractivity contribution in [3.8, 4) is 0 Å². The predicted molar refractivity (Wildman–Crippen MR) is 84.7 cm³/mol. The minimum atomic E-state index is -0.976. The highest BCUT2D eigenvalue weighted by Gasteiger charge is 2.20. The van der Waals surface area contributed by atoms with Crippen LogP contribution >= 0.6 is 0 Å². The van der Waals surface area contributed by atoms with Crippen LogP contribution in [0.4, 0.5) is 0 Å². The van der Waals surface area contributed by atoms with Crippen molar-refractivity contribution in [1.29, 1.82) is 0 Å². The number of hydrogen-bond acceptors (Lipinski definition) is 12. The molecule has 0 saturated heterocycles. The number of carbonyl (C=O) groups excluding carboxylic acids is 2. The summed E-state index contributed by atoms with van der Waals surface area (Å²) in [5, 5.41) is 45.7. The third kappa shape index (κ3) is 13.6. The van der Waals surface area contributed by atoms with E-state index in [1.807, 2.05) is 0 Å². The number of rotatable bonds is 16. The van der Waals surface area contributed by atoms with Crippen LogP contribution in [0.3, 0.4) is 0 Å². The van der Waals surface area contributed by atoms with Gasteiger partial charge in [-0.1, -0.05) is 0 Å². The maximum Gasteiger partial charge on any atom is 0.319 e. The molecule has 148 valence electrons. The summed E-state index contributed by atoms with van der Waals surface area (Å²) >= 11 is 0. The molecule has 0 aliphatic rings. The summed E-state index contributed by atoms with van der Waals surface area (Å²) < 4.78 is 9.93. The number of nitrogens with one attached hydrogen (secondary N) is 4. The van der Waals surface area contributed by atoms with Crippen LogP contribution in [0, 0.1) is 0 Å². The molecule has 0 aliphatic carbocycles. The van der Waals surface area contributed by atoms with E-state index in [9.17, 15) is 9.59 Å². The smallest absolute Gasteiger partial charge is 0.319 e. The maximum absolute atomic E-state index is 11.8. The van der Waals surface area contributed by atoms with Crippen molar-refractivity contribution < 1.29 is 39.5 Å². The molecule has 0 fully saturated rings. The predicted octanol–water partition coefficient (Wildman–Crippen LogP) is -4.64. The highest BCUT2D eigenvalue weighted by atomic mass is 16.6. The van der Waals surface area contributed by atoms with Gasteiger partial charge in [0.15, 0.2) is 0 Å². The molecule has 0 bridgehead atoms. The fourth-order valence-corrected chi connectivity index (χ4v) is 1.56. The van der Waals surface area contributed by atoms with Crippen LogP contribution in [0.1, 0.15) is 6.42 Å². The van der Waals surface area contributed by atoms with Gasteiger partial charge in [0, 0.05) is 26.2 Å². The van der Waals surface area contributed by atoms with E-state index in [-0.39, 0.29) is 52.6 Å². The minimum Gasteiger partial charge on any atom is -0.433 e. The summed E-state index contributed by atoms with van der Waals surface area (Å²) in [5.41, 5.74) is 0. The fraction of sp³-hybridized carbons (Fsp3) is 0.846. The van der Waals surface area contributed by atoms with Gasteiger partial charge in [0.25, 0.3) is 0 Å². The number of aliphatic hydroxyl groups is 4. The molecule has 12 nitrogen and oxygen atoms in total. The van der Waals surface area contributed by atoms with Crippen molar-refractivity contribution in [2.75, 3.05) is 52.6 Å². The van der Waals surface area contributed by atoms with Crippen molar-refractivity contribution in [1.82, 2.24) is 21.3 Å². The van der Waals surface area contributed by atoms with E-state index in [0.29, 0.717) is 0 Å². The van der Waals surface area contributed by atoms with Crippen molar-refractivity contribution in [3.63, 3.8) is 0 Å². The summed E-state index contributed by atoms with van der Waals surface area (Å²) in [4.78, 5) is 23.5. The van der Waals surface area contributed by atoms with E-state index in [2.05, 4.69) is 21.3 Å². The first-order chi connectivity index (χ1) is 12.1. The van der Waals surface area contributed by atoms with Gasteiger partial charge in [-0.15, -0.1) is 0 Å². The standard InChI is InChI=1S/C13H28N4O8/c18-5-1-14-12(15-2-6-19)24-10(22)9-11(23)25-13(16-3-7-20)17-4-8-21/h12-21H,1-9H2. The molecular formula is C13H28N4O8. The van der Waals surface area contributed by atoms with Gasteiger partial charge in [0.05, 0.1) is 26.4 Å². The second kappa shape index (κ2) is 16.1. The molecule has 0 heterocycles. The first kappa shape index (κ1) is 23.6. The Kier molecular flexibility index (Phi) is 15.2. The summed E-state index contributed by atoms with van der Waals surface area (Å²) in [6.07, 6.45) is -2.62. The van der Waals surface area contributed by atoms with Gasteiger partial charge in [-0.2, -0.15) is 0 Å². The molecule has 0 amide bonds. The van der Waals surface area contributed by atoms with Gasteiger partial charge < -0.3 is 29.9 Å². The Hall–Kier alpha value is -1.38. The summed E-state index contributed by atoms with van der Waals surface area (Å²) in [5.74, 6) is -1.76.